The van der Waals surface area contributed by atoms with Crippen LogP contribution in [-0.4, -0.2) is 27.1 Å². The molecule has 2 aromatic rings. The molecule has 0 heterocycles. The topological polar surface area (TPSA) is 66.5 Å². The Kier molecular flexibility index (Phi) is 6.32. The van der Waals surface area contributed by atoms with Gasteiger partial charge in [-0.2, -0.15) is 0 Å². The largest absolute Gasteiger partial charge is 0.322 e. The van der Waals surface area contributed by atoms with E-state index in [2.05, 4.69) is 5.32 Å². The van der Waals surface area contributed by atoms with Crippen LogP contribution in [0.3, 0.4) is 0 Å². The summed E-state index contributed by atoms with van der Waals surface area (Å²) in [5.41, 5.74) is 1.57. The summed E-state index contributed by atoms with van der Waals surface area (Å²) in [6.07, 6.45) is 1.70. The van der Waals surface area contributed by atoms with Crippen molar-refractivity contribution in [2.75, 3.05) is 22.4 Å². The summed E-state index contributed by atoms with van der Waals surface area (Å²) in [6.45, 7) is 1.54. The van der Waals surface area contributed by atoms with Gasteiger partial charge in [0.1, 0.15) is 6.54 Å². The second kappa shape index (κ2) is 8.08. The highest BCUT2D eigenvalue weighted by molar-refractivity contribution is 7.92. The van der Waals surface area contributed by atoms with E-state index >= 15 is 0 Å². The van der Waals surface area contributed by atoms with Crippen molar-refractivity contribution in [3.8, 4) is 0 Å². The molecule has 0 aliphatic rings. The summed E-state index contributed by atoms with van der Waals surface area (Å²) >= 11 is 12.1. The third-order valence-corrected chi connectivity index (χ3v) is 5.31. The first-order chi connectivity index (χ1) is 11.7. The lowest BCUT2D eigenvalue weighted by Gasteiger charge is -2.24. The van der Waals surface area contributed by atoms with Crippen LogP contribution in [0.15, 0.2) is 42.5 Å². The third-order valence-electron chi connectivity index (χ3n) is 3.56. The maximum atomic E-state index is 12.4. The fourth-order valence-corrected chi connectivity index (χ4v) is 3.74. The lowest BCUT2D eigenvalue weighted by Crippen LogP contribution is -2.38. The SMILES string of the molecule is CCc1ccccc1N(CC(=O)Nc1c(Cl)cccc1Cl)S(C)(=O)=O. The number of hydrogen-bond acceptors (Lipinski definition) is 3. The normalized spacial score (nSPS) is 11.2. The van der Waals surface area contributed by atoms with E-state index in [-0.39, 0.29) is 22.3 Å². The highest BCUT2D eigenvalue weighted by atomic mass is 35.5. The molecule has 0 unspecified atom stereocenters. The van der Waals surface area contributed by atoms with Gasteiger partial charge in [0, 0.05) is 0 Å². The predicted octanol–water partition coefficient (Wildman–Crippen LogP) is 3.96. The van der Waals surface area contributed by atoms with Gasteiger partial charge in [0.05, 0.1) is 27.7 Å². The van der Waals surface area contributed by atoms with Gasteiger partial charge in [-0.25, -0.2) is 8.42 Å². The van der Waals surface area contributed by atoms with Gasteiger partial charge in [-0.15, -0.1) is 0 Å². The van der Waals surface area contributed by atoms with Gasteiger partial charge in [-0.3, -0.25) is 9.10 Å². The number of carbonyl (C=O) groups is 1. The molecule has 1 amide bonds. The van der Waals surface area contributed by atoms with Crippen molar-refractivity contribution in [3.63, 3.8) is 0 Å². The van der Waals surface area contributed by atoms with E-state index in [0.717, 1.165) is 16.1 Å². The first-order valence-corrected chi connectivity index (χ1v) is 10.1. The molecular weight excluding hydrogens is 383 g/mol. The maximum Gasteiger partial charge on any atom is 0.245 e. The van der Waals surface area contributed by atoms with Gasteiger partial charge >= 0.3 is 0 Å². The molecule has 5 nitrogen and oxygen atoms in total. The summed E-state index contributed by atoms with van der Waals surface area (Å²) in [5.74, 6) is -0.536. The number of nitrogens with zero attached hydrogens (tertiary/aromatic N) is 1. The zero-order valence-corrected chi connectivity index (χ0v) is 16.1. The second-order valence-corrected chi connectivity index (χ2v) is 8.12. The van der Waals surface area contributed by atoms with E-state index in [4.69, 9.17) is 23.2 Å². The van der Waals surface area contributed by atoms with Gasteiger partial charge in [0.25, 0.3) is 0 Å². The lowest BCUT2D eigenvalue weighted by atomic mass is 10.1. The van der Waals surface area contributed by atoms with Gasteiger partial charge in [0.2, 0.25) is 15.9 Å². The van der Waals surface area contributed by atoms with Gasteiger partial charge in [-0.05, 0) is 30.2 Å². The first-order valence-electron chi connectivity index (χ1n) is 7.53. The Morgan fingerprint density at radius 2 is 1.68 bits per heavy atom. The summed E-state index contributed by atoms with van der Waals surface area (Å²) in [5, 5.41) is 3.14. The average Bonchev–Trinajstić information content (AvgIpc) is 2.55. The summed E-state index contributed by atoms with van der Waals surface area (Å²) < 4.78 is 25.5. The lowest BCUT2D eigenvalue weighted by molar-refractivity contribution is -0.114. The summed E-state index contributed by atoms with van der Waals surface area (Å²) in [6, 6.07) is 11.9. The number of aryl methyl sites for hydroxylation is 1. The van der Waals surface area contributed by atoms with Crippen molar-refractivity contribution in [2.45, 2.75) is 13.3 Å². The molecule has 2 aromatic carbocycles. The molecular formula is C17H18Cl2N2O3S. The number of amides is 1. The van der Waals surface area contributed by atoms with Crippen molar-refractivity contribution < 1.29 is 13.2 Å². The molecule has 0 aliphatic carbocycles. The van der Waals surface area contributed by atoms with E-state index in [1.54, 1.807) is 30.3 Å². The molecule has 0 aliphatic heterocycles. The molecule has 0 spiro atoms. The van der Waals surface area contributed by atoms with Crippen LogP contribution in [0.5, 0.6) is 0 Å². The summed E-state index contributed by atoms with van der Waals surface area (Å²) in [7, 11) is -3.65. The number of nitrogens with one attached hydrogen (secondary N) is 1. The van der Waals surface area contributed by atoms with Crippen LogP contribution in [0.25, 0.3) is 0 Å². The smallest absolute Gasteiger partial charge is 0.245 e. The second-order valence-electron chi connectivity index (χ2n) is 5.40. The Labute approximate surface area is 157 Å². The quantitative estimate of drug-likeness (QED) is 0.797. The maximum absolute atomic E-state index is 12.4. The zero-order valence-electron chi connectivity index (χ0n) is 13.8. The first kappa shape index (κ1) is 19.6. The number of sulfonamides is 1. The molecule has 8 heteroatoms. The van der Waals surface area contributed by atoms with Crippen molar-refractivity contribution >= 4 is 50.5 Å². The molecule has 0 saturated heterocycles. The van der Waals surface area contributed by atoms with Gasteiger partial charge < -0.3 is 5.32 Å². The van der Waals surface area contributed by atoms with Crippen molar-refractivity contribution in [1.82, 2.24) is 0 Å². The van der Waals surface area contributed by atoms with Gasteiger partial charge in [-0.1, -0.05) is 54.4 Å². The van der Waals surface area contributed by atoms with E-state index in [0.29, 0.717) is 12.1 Å². The molecule has 0 radical (unpaired) electrons. The summed E-state index contributed by atoms with van der Waals surface area (Å²) in [4.78, 5) is 12.4. The van der Waals surface area contributed by atoms with E-state index in [1.165, 1.54) is 0 Å². The van der Waals surface area contributed by atoms with Crippen LogP contribution in [0, 0.1) is 0 Å². The minimum Gasteiger partial charge on any atom is -0.322 e. The number of benzene rings is 2. The Hall–Kier alpha value is -1.76. The third kappa shape index (κ3) is 4.87. The fourth-order valence-electron chi connectivity index (χ4n) is 2.36. The van der Waals surface area contributed by atoms with E-state index in [9.17, 15) is 13.2 Å². The fraction of sp³-hybridized carbons (Fsp3) is 0.235. The minimum absolute atomic E-state index is 0.257. The Morgan fingerprint density at radius 1 is 1.08 bits per heavy atom. The number of para-hydroxylation sites is 2. The molecule has 1 N–H and O–H groups in total. The van der Waals surface area contributed by atoms with Crippen LogP contribution in [-0.2, 0) is 21.2 Å². The monoisotopic (exact) mass is 400 g/mol. The number of rotatable bonds is 6. The van der Waals surface area contributed by atoms with Crippen LogP contribution in [0.1, 0.15) is 12.5 Å². The Morgan fingerprint density at radius 3 is 2.24 bits per heavy atom. The van der Waals surface area contributed by atoms with Crippen LogP contribution in [0.2, 0.25) is 10.0 Å². The molecule has 0 atom stereocenters. The van der Waals surface area contributed by atoms with Crippen LogP contribution >= 0.6 is 23.2 Å². The molecule has 0 fully saturated rings. The van der Waals surface area contributed by atoms with Gasteiger partial charge in [0.15, 0.2) is 0 Å². The number of hydrogen-bond donors (Lipinski definition) is 1. The standard InChI is InChI=1S/C17H18Cl2N2O3S/c1-3-12-7-4-5-10-15(12)21(25(2,23)24)11-16(22)20-17-13(18)8-6-9-14(17)19/h4-10H,3,11H2,1-2H3,(H,20,22). The number of anilines is 2. The predicted molar refractivity (Wildman–Crippen MR) is 103 cm³/mol. The average molecular weight is 401 g/mol. The zero-order chi connectivity index (χ0) is 18.6. The molecule has 0 saturated carbocycles. The minimum atomic E-state index is -3.65. The highest BCUT2D eigenvalue weighted by Crippen LogP contribution is 2.30. The van der Waals surface area contributed by atoms with Crippen molar-refractivity contribution in [2.24, 2.45) is 0 Å². The van der Waals surface area contributed by atoms with Crippen molar-refractivity contribution in [3.05, 3.63) is 58.1 Å². The molecule has 25 heavy (non-hydrogen) atoms. The van der Waals surface area contributed by atoms with Crippen LogP contribution < -0.4 is 9.62 Å². The Bertz CT molecular complexity index is 865. The van der Waals surface area contributed by atoms with E-state index < -0.39 is 15.9 Å². The molecule has 0 bridgehead atoms. The molecule has 134 valence electrons. The van der Waals surface area contributed by atoms with Crippen molar-refractivity contribution in [1.29, 1.82) is 0 Å². The highest BCUT2D eigenvalue weighted by Gasteiger charge is 2.23. The Balaban J connectivity index is 2.31. The number of carbonyl (C=O) groups excluding carboxylic acids is 1. The van der Waals surface area contributed by atoms with E-state index in [1.807, 2.05) is 19.1 Å². The molecule has 2 rings (SSSR count). The molecule has 0 aromatic heterocycles. The van der Waals surface area contributed by atoms with Crippen LogP contribution in [0.4, 0.5) is 11.4 Å². The number of halogens is 2.